The number of anilines is 1. The fourth-order valence-corrected chi connectivity index (χ4v) is 5.44. The Morgan fingerprint density at radius 3 is 2.53 bits per heavy atom. The highest BCUT2D eigenvalue weighted by Gasteiger charge is 2.65. The zero-order valence-electron chi connectivity index (χ0n) is 24.5. The van der Waals surface area contributed by atoms with Crippen LogP contribution in [0.3, 0.4) is 0 Å². The first-order chi connectivity index (χ1) is 20.7. The summed E-state index contributed by atoms with van der Waals surface area (Å²) in [4.78, 5) is 6.13. The van der Waals surface area contributed by atoms with E-state index in [-0.39, 0.29) is 47.2 Å². The van der Waals surface area contributed by atoms with E-state index in [4.69, 9.17) is 15.2 Å². The van der Waals surface area contributed by atoms with E-state index in [2.05, 4.69) is 21.9 Å². The Labute approximate surface area is 255 Å². The van der Waals surface area contributed by atoms with E-state index in [1.807, 2.05) is 6.92 Å². The maximum absolute atomic E-state index is 14.5. The highest BCUT2D eigenvalue weighted by atomic mass is 32.5. The lowest BCUT2D eigenvalue weighted by Gasteiger charge is -2.40. The van der Waals surface area contributed by atoms with Crippen molar-refractivity contribution in [3.05, 3.63) is 71.4 Å². The number of aromatic nitrogens is 1. The fourth-order valence-electron chi connectivity index (χ4n) is 4.75. The predicted octanol–water partition coefficient (Wildman–Crippen LogP) is 9.23. The van der Waals surface area contributed by atoms with Gasteiger partial charge in [0.2, 0.25) is 0 Å². The number of hydrogen-bond acceptors (Lipinski definition) is 6. The summed E-state index contributed by atoms with van der Waals surface area (Å²) >= 11 is 0. The highest BCUT2D eigenvalue weighted by molar-refractivity contribution is 8.45. The molecule has 15 heteroatoms. The summed E-state index contributed by atoms with van der Waals surface area (Å²) in [6.07, 6.45) is -2.57. The number of nitrogen functional groups attached to an aromatic ring is 1. The molecule has 2 heterocycles. The molecule has 1 aromatic heterocycles. The molecule has 0 bridgehead atoms. The number of fused-ring (bicyclic) bond motifs is 1. The highest BCUT2D eigenvalue weighted by Crippen LogP contribution is 3.02. The Bertz CT molecular complexity index is 1640. The molecule has 3 N–H and O–H groups in total. The number of benzene rings is 2. The molecule has 0 spiro atoms. The molecule has 0 fully saturated rings. The quantitative estimate of drug-likeness (QED) is 0.121. The molecule has 1 aliphatic heterocycles. The molecule has 246 valence electrons. The second-order valence-electron chi connectivity index (χ2n) is 10.7. The number of nitrogens with two attached hydrogens (primary N) is 1. The molecular formula is C30H32F8N4O2S. The van der Waals surface area contributed by atoms with Crippen LogP contribution >= 0.6 is 10.2 Å². The minimum atomic E-state index is -10.1. The molecule has 6 nitrogen and oxygen atoms in total. The van der Waals surface area contributed by atoms with Crippen LogP contribution in [-0.4, -0.2) is 44.2 Å². The average molecular weight is 665 g/mol. The van der Waals surface area contributed by atoms with E-state index >= 15 is 0 Å². The molecule has 1 aliphatic rings. The van der Waals surface area contributed by atoms with Crippen LogP contribution in [0.5, 0.6) is 11.5 Å². The first-order valence-electron chi connectivity index (χ1n) is 13.7. The third kappa shape index (κ3) is 7.63. The molecule has 2 unspecified atom stereocenters. The molecule has 45 heavy (non-hydrogen) atoms. The largest absolute Gasteiger partial charge is 0.495 e. The second-order valence-corrected chi connectivity index (χ2v) is 13.1. The van der Waals surface area contributed by atoms with Crippen molar-refractivity contribution in [2.45, 2.75) is 43.2 Å². The Kier molecular flexibility index (Phi) is 8.59. The van der Waals surface area contributed by atoms with Crippen LogP contribution in [0.4, 0.5) is 38.3 Å². The summed E-state index contributed by atoms with van der Waals surface area (Å²) in [7, 11) is -8.72. The number of nitrogens with one attached hydrogen (secondary N) is 1. The van der Waals surface area contributed by atoms with E-state index in [1.54, 1.807) is 13.0 Å². The monoisotopic (exact) mass is 664 g/mol. The van der Waals surface area contributed by atoms with Gasteiger partial charge in [-0.15, -0.1) is 0 Å². The van der Waals surface area contributed by atoms with Crippen molar-refractivity contribution >= 4 is 27.8 Å². The zero-order chi connectivity index (χ0) is 33.4. The van der Waals surface area contributed by atoms with E-state index in [1.165, 1.54) is 25.5 Å². The Morgan fingerprint density at radius 2 is 1.91 bits per heavy atom. The molecular weight excluding hydrogens is 632 g/mol. The van der Waals surface area contributed by atoms with Crippen molar-refractivity contribution in [1.82, 2.24) is 10.3 Å². The molecule has 3 aromatic rings. The van der Waals surface area contributed by atoms with Crippen molar-refractivity contribution in [2.75, 3.05) is 32.5 Å². The average Bonchev–Trinajstić information content (AvgIpc) is 3.32. The van der Waals surface area contributed by atoms with Gasteiger partial charge in [-0.2, -0.15) is 13.2 Å². The van der Waals surface area contributed by atoms with E-state index < -0.39 is 56.6 Å². The Hall–Kier alpha value is -4.01. The minimum absolute atomic E-state index is 0.0172. The molecule has 4 rings (SSSR count). The summed E-state index contributed by atoms with van der Waals surface area (Å²) in [5, 5.41) is 2.68. The van der Waals surface area contributed by atoms with Crippen LogP contribution in [-0.2, 0) is 0 Å². The van der Waals surface area contributed by atoms with Gasteiger partial charge in [0, 0.05) is 53.2 Å². The summed E-state index contributed by atoms with van der Waals surface area (Å²) in [6, 6.07) is 6.47. The summed E-state index contributed by atoms with van der Waals surface area (Å²) < 4.78 is 122. The zero-order valence-corrected chi connectivity index (χ0v) is 25.3. The van der Waals surface area contributed by atoms with Gasteiger partial charge in [-0.3, -0.25) is 4.99 Å². The maximum Gasteiger partial charge on any atom is 0.398 e. The van der Waals surface area contributed by atoms with Crippen LogP contribution in [0.2, 0.25) is 0 Å². The van der Waals surface area contributed by atoms with E-state index in [0.717, 1.165) is 18.6 Å². The van der Waals surface area contributed by atoms with Crippen molar-refractivity contribution in [3.8, 4) is 22.8 Å². The normalized spacial score (nSPS) is 17.3. The van der Waals surface area contributed by atoms with Gasteiger partial charge < -0.3 is 20.5 Å². The van der Waals surface area contributed by atoms with E-state index in [0.29, 0.717) is 17.7 Å². The Morgan fingerprint density at radius 1 is 1.20 bits per heavy atom. The SMILES string of the molecule is C=C(NCC(c1cc2c(c(-c3cccc(S(F)(F)(F)(F)F)c3)n1)OCC2C)C(F)(F)F)c1cc(C=NCCC)c(N)c(OC)c1. The molecule has 0 saturated heterocycles. The van der Waals surface area contributed by atoms with Crippen molar-refractivity contribution in [3.63, 3.8) is 0 Å². The molecule has 0 aliphatic carbocycles. The molecule has 0 radical (unpaired) electrons. The van der Waals surface area contributed by atoms with Gasteiger partial charge in [0.05, 0.1) is 25.1 Å². The van der Waals surface area contributed by atoms with Crippen molar-refractivity contribution in [1.29, 1.82) is 0 Å². The smallest absolute Gasteiger partial charge is 0.398 e. The number of aliphatic imine (C=N–C) groups is 1. The van der Waals surface area contributed by atoms with Gasteiger partial charge in [0.15, 0.2) is 0 Å². The lowest BCUT2D eigenvalue weighted by molar-refractivity contribution is -0.149. The number of methoxy groups -OCH3 is 1. The first kappa shape index (κ1) is 33.9. The molecule has 2 aromatic carbocycles. The standard InChI is InChI=1S/C30H32F8N4O2S/c1-5-9-40-14-21-10-20(12-26(43-4)27(21)39)18(3)41-15-24(30(31,32)33)25-13-23-17(2)16-44-29(23)28(42-25)19-7-6-8-22(11-19)45(34,35,36,37)38/h6-8,10-14,17,24,41H,3,5,9,15-16,39H2,1-2,4H3. The number of hydrogen-bond donors (Lipinski definition) is 2. The number of pyridine rings is 1. The number of alkyl halides is 3. The third-order valence-corrected chi connectivity index (χ3v) is 8.33. The minimum Gasteiger partial charge on any atom is -0.495 e. The van der Waals surface area contributed by atoms with Crippen molar-refractivity contribution < 1.29 is 42.1 Å². The summed E-state index contributed by atoms with van der Waals surface area (Å²) in [5.41, 5.74) is 6.22. The summed E-state index contributed by atoms with van der Waals surface area (Å²) in [6.45, 7) is 7.24. The lowest BCUT2D eigenvalue weighted by atomic mass is 9.95. The van der Waals surface area contributed by atoms with Gasteiger partial charge in [-0.05, 0) is 36.8 Å². The van der Waals surface area contributed by atoms with Gasteiger partial charge >= 0.3 is 16.4 Å². The first-order valence-corrected chi connectivity index (χ1v) is 15.7. The van der Waals surface area contributed by atoms with Crippen molar-refractivity contribution in [2.24, 2.45) is 4.99 Å². The Balaban J connectivity index is 1.74. The fraction of sp³-hybridized carbons (Fsp3) is 0.333. The van der Waals surface area contributed by atoms with Gasteiger partial charge in [-0.25, -0.2) is 4.98 Å². The molecule has 2 atom stereocenters. The second kappa shape index (κ2) is 11.4. The van der Waals surface area contributed by atoms with Crippen LogP contribution < -0.4 is 20.5 Å². The van der Waals surface area contributed by atoms with E-state index in [9.17, 15) is 32.6 Å². The van der Waals surface area contributed by atoms with Gasteiger partial charge in [-0.1, -0.05) is 52.0 Å². The number of nitrogens with zero attached hydrogens (tertiary/aromatic N) is 2. The number of rotatable bonds is 11. The van der Waals surface area contributed by atoms with Crippen LogP contribution in [0.1, 0.15) is 54.5 Å². The third-order valence-electron chi connectivity index (χ3n) is 7.18. The topological polar surface area (TPSA) is 81.8 Å². The molecule has 0 amide bonds. The number of ether oxygens (including phenoxy) is 2. The van der Waals surface area contributed by atoms with Gasteiger partial charge in [0.1, 0.15) is 28.0 Å². The number of halogens is 8. The lowest BCUT2D eigenvalue weighted by Crippen LogP contribution is -2.32. The van der Waals surface area contributed by atoms with Gasteiger partial charge in [0.25, 0.3) is 0 Å². The molecule has 0 saturated carbocycles. The predicted molar refractivity (Wildman–Crippen MR) is 161 cm³/mol. The van der Waals surface area contributed by atoms with Crippen LogP contribution in [0, 0.1) is 0 Å². The maximum atomic E-state index is 14.5. The van der Waals surface area contributed by atoms with Crippen LogP contribution in [0.25, 0.3) is 17.0 Å². The van der Waals surface area contributed by atoms with Crippen LogP contribution in [0.15, 0.2) is 58.9 Å². The summed E-state index contributed by atoms with van der Waals surface area (Å²) in [5.74, 6) is -2.51.